The van der Waals surface area contributed by atoms with Crippen molar-refractivity contribution in [2.75, 3.05) is 12.3 Å². The number of pyridine rings is 1. The van der Waals surface area contributed by atoms with Crippen LogP contribution >= 0.6 is 0 Å². The van der Waals surface area contributed by atoms with Crippen LogP contribution in [0.15, 0.2) is 24.5 Å². The first kappa shape index (κ1) is 23.4. The molecule has 2 fully saturated rings. The molecule has 3 aromatic rings. The number of aliphatic hydroxyl groups excluding tert-OH is 1. The Morgan fingerprint density at radius 1 is 1.17 bits per heavy atom. The summed E-state index contributed by atoms with van der Waals surface area (Å²) >= 11 is 0. The van der Waals surface area contributed by atoms with E-state index >= 15 is 0 Å². The van der Waals surface area contributed by atoms with Gasteiger partial charge < -0.3 is 20.8 Å². The maximum atomic E-state index is 12.7. The lowest BCUT2D eigenvalue weighted by atomic mass is 9.85. The van der Waals surface area contributed by atoms with E-state index in [1.165, 1.54) is 11.4 Å². The van der Waals surface area contributed by atoms with E-state index in [1.54, 1.807) is 32.3 Å². The van der Waals surface area contributed by atoms with Gasteiger partial charge in [-0.05, 0) is 52.5 Å². The molecule has 0 aliphatic carbocycles. The summed E-state index contributed by atoms with van der Waals surface area (Å²) < 4.78 is 1.48. The highest BCUT2D eigenvalue weighted by Crippen LogP contribution is 2.44. The molecule has 3 aromatic heterocycles. The molecule has 0 aromatic carbocycles. The second-order valence-electron chi connectivity index (χ2n) is 10.1. The van der Waals surface area contributed by atoms with Gasteiger partial charge in [0.1, 0.15) is 18.0 Å². The number of piperidine rings is 1. The zero-order valence-electron chi connectivity index (χ0n) is 20.1. The second kappa shape index (κ2) is 8.39. The van der Waals surface area contributed by atoms with Gasteiger partial charge in [0.25, 0.3) is 0 Å². The van der Waals surface area contributed by atoms with Crippen molar-refractivity contribution in [2.45, 2.75) is 70.1 Å². The van der Waals surface area contributed by atoms with Gasteiger partial charge in [-0.1, -0.05) is 6.07 Å². The fourth-order valence-electron chi connectivity index (χ4n) is 5.70. The first-order chi connectivity index (χ1) is 16.6. The molecule has 5 heterocycles. The maximum Gasteiger partial charge on any atom is 0.248 e. The number of carbonyl (C=O) groups is 2. The number of carbonyl (C=O) groups excluding carboxylic acids is 2. The van der Waals surface area contributed by atoms with Crippen LogP contribution in [0.3, 0.4) is 0 Å². The maximum absolute atomic E-state index is 12.7. The van der Waals surface area contributed by atoms with E-state index < -0.39 is 12.2 Å². The fraction of sp³-hybridized carbons (Fsp3) is 0.480. The molecule has 4 N–H and O–H groups in total. The zero-order valence-corrected chi connectivity index (χ0v) is 20.1. The Hall–Kier alpha value is -3.37. The van der Waals surface area contributed by atoms with E-state index in [-0.39, 0.29) is 35.5 Å². The van der Waals surface area contributed by atoms with Crippen LogP contribution in [0.2, 0.25) is 0 Å². The monoisotopic (exact) mass is 478 g/mol. The molecule has 0 spiro atoms. The number of nitrogen functional groups attached to an aromatic ring is 1. The molecule has 0 unspecified atom stereocenters. The van der Waals surface area contributed by atoms with Crippen molar-refractivity contribution in [2.24, 2.45) is 0 Å². The number of nitrogens with two attached hydrogens (primary N) is 1. The molecule has 35 heavy (non-hydrogen) atoms. The number of aromatic nitrogens is 4. The molecule has 2 aliphatic heterocycles. The summed E-state index contributed by atoms with van der Waals surface area (Å²) in [5.74, 6) is -0.224. The Balaban J connectivity index is 1.59. The number of aliphatic hydroxyl groups is 2. The third-order valence-electron chi connectivity index (χ3n) is 7.31. The number of Topliss-reactive ketones (excluding diaryl/α,β-unsaturated/α-hetero) is 1. The Bertz CT molecular complexity index is 1300. The van der Waals surface area contributed by atoms with Crippen molar-refractivity contribution >= 4 is 23.2 Å². The first-order valence-corrected chi connectivity index (χ1v) is 11.9. The average Bonchev–Trinajstić information content (AvgIpc) is 3.36. The molecule has 0 saturated carbocycles. The van der Waals surface area contributed by atoms with Crippen LogP contribution in [-0.2, 0) is 10.4 Å². The molecular weight excluding hydrogens is 448 g/mol. The fourth-order valence-corrected chi connectivity index (χ4v) is 5.70. The lowest BCUT2D eigenvalue weighted by Gasteiger charge is -2.39. The highest BCUT2D eigenvalue weighted by molar-refractivity contribution is 6.00. The smallest absolute Gasteiger partial charge is 0.248 e. The Morgan fingerprint density at radius 3 is 2.40 bits per heavy atom. The molecule has 5 rings (SSSR count). The molecule has 2 bridgehead atoms. The van der Waals surface area contributed by atoms with E-state index in [0.29, 0.717) is 35.4 Å². The molecule has 1 amide bonds. The molecule has 3 atom stereocenters. The largest absolute Gasteiger partial charge is 0.387 e. The van der Waals surface area contributed by atoms with Gasteiger partial charge in [0, 0.05) is 35.3 Å². The highest BCUT2D eigenvalue weighted by Gasteiger charge is 2.44. The lowest BCUT2D eigenvalue weighted by Crippen LogP contribution is -2.47. The third-order valence-corrected chi connectivity index (χ3v) is 7.31. The number of rotatable bonds is 5. The molecule has 10 nitrogen and oxygen atoms in total. The Kier molecular flexibility index (Phi) is 5.60. The van der Waals surface area contributed by atoms with E-state index in [4.69, 9.17) is 10.7 Å². The van der Waals surface area contributed by atoms with Crippen LogP contribution < -0.4 is 5.73 Å². The van der Waals surface area contributed by atoms with Gasteiger partial charge in [0.05, 0.1) is 23.1 Å². The molecule has 10 heteroatoms. The molecule has 0 radical (unpaired) electrons. The van der Waals surface area contributed by atoms with Crippen molar-refractivity contribution in [3.8, 4) is 11.1 Å². The van der Waals surface area contributed by atoms with Crippen molar-refractivity contribution in [1.82, 2.24) is 24.5 Å². The van der Waals surface area contributed by atoms with E-state index in [9.17, 15) is 19.8 Å². The minimum Gasteiger partial charge on any atom is -0.387 e. The summed E-state index contributed by atoms with van der Waals surface area (Å²) in [5, 5.41) is 24.0. The topological polar surface area (TPSA) is 147 Å². The average molecular weight is 479 g/mol. The van der Waals surface area contributed by atoms with Crippen molar-refractivity contribution in [3.05, 3.63) is 41.5 Å². The quantitative estimate of drug-likeness (QED) is 0.472. The van der Waals surface area contributed by atoms with Crippen LogP contribution in [-0.4, -0.2) is 65.1 Å². The second-order valence-corrected chi connectivity index (χ2v) is 10.1. The van der Waals surface area contributed by atoms with Crippen molar-refractivity contribution in [3.63, 3.8) is 0 Å². The van der Waals surface area contributed by atoms with E-state index in [2.05, 4.69) is 10.1 Å². The van der Waals surface area contributed by atoms with Crippen molar-refractivity contribution in [1.29, 1.82) is 0 Å². The Morgan fingerprint density at radius 2 is 1.86 bits per heavy atom. The lowest BCUT2D eigenvalue weighted by molar-refractivity contribution is -0.138. The molecule has 2 aliphatic rings. The number of hydrogen-bond acceptors (Lipinski definition) is 8. The molecule has 2 saturated heterocycles. The van der Waals surface area contributed by atoms with Gasteiger partial charge in [-0.25, -0.2) is 4.98 Å². The van der Waals surface area contributed by atoms with Crippen LogP contribution in [0.4, 0.5) is 5.82 Å². The van der Waals surface area contributed by atoms with Gasteiger partial charge >= 0.3 is 0 Å². The highest BCUT2D eigenvalue weighted by atomic mass is 16.3. The van der Waals surface area contributed by atoms with Crippen LogP contribution in [0, 0.1) is 0 Å². The van der Waals surface area contributed by atoms with Gasteiger partial charge in [-0.2, -0.15) is 9.61 Å². The number of ketones is 1. The minimum absolute atomic E-state index is 0.0143. The van der Waals surface area contributed by atoms with Gasteiger partial charge in [0.2, 0.25) is 5.91 Å². The van der Waals surface area contributed by atoms with Crippen LogP contribution in [0.25, 0.3) is 16.8 Å². The number of fused-ring (bicyclic) bond motifs is 3. The van der Waals surface area contributed by atoms with E-state index in [0.717, 1.165) is 24.0 Å². The summed E-state index contributed by atoms with van der Waals surface area (Å²) in [6.45, 7) is 4.34. The molecule has 184 valence electrons. The number of anilines is 1. The number of amides is 1. The van der Waals surface area contributed by atoms with Gasteiger partial charge in [-0.3, -0.25) is 14.6 Å². The summed E-state index contributed by atoms with van der Waals surface area (Å²) in [5.41, 5.74) is 8.99. The summed E-state index contributed by atoms with van der Waals surface area (Å²) in [4.78, 5) is 36.1. The zero-order chi connectivity index (χ0) is 25.1. The normalized spacial score (nSPS) is 22.1. The Labute approximate surface area is 202 Å². The van der Waals surface area contributed by atoms with Gasteiger partial charge in [0.15, 0.2) is 11.4 Å². The van der Waals surface area contributed by atoms with E-state index in [1.807, 2.05) is 11.0 Å². The predicted octanol–water partition coefficient (Wildman–Crippen LogP) is 2.03. The first-order valence-electron chi connectivity index (χ1n) is 11.9. The number of hydrogen-bond donors (Lipinski definition) is 3. The minimum atomic E-state index is -1.06. The van der Waals surface area contributed by atoms with Crippen molar-refractivity contribution < 1.29 is 19.8 Å². The third kappa shape index (κ3) is 3.86. The van der Waals surface area contributed by atoms with Gasteiger partial charge in [-0.15, -0.1) is 0 Å². The summed E-state index contributed by atoms with van der Waals surface area (Å²) in [7, 11) is 0. The SMILES string of the molecule is CC(=O)c1c([C@H]2C[C@H]3CC[C@@H](C2)N3C(=O)CO)nc2c(-c3ccc(C(C)(C)O)nc3)cnn2c1N. The number of nitrogens with zero attached hydrogens (tertiary/aromatic N) is 5. The summed E-state index contributed by atoms with van der Waals surface area (Å²) in [6, 6.07) is 3.65. The molecular formula is C25H30N6O4. The predicted molar refractivity (Wildman–Crippen MR) is 129 cm³/mol. The van der Waals surface area contributed by atoms with Crippen LogP contribution in [0.1, 0.15) is 74.1 Å². The van der Waals surface area contributed by atoms with Crippen LogP contribution in [0.5, 0.6) is 0 Å². The summed E-state index contributed by atoms with van der Waals surface area (Å²) in [6.07, 6.45) is 6.39. The standard InChI is InChI=1S/C25H30N6O4/c1-13(33)21-22(15-8-16-5-6-17(9-15)30(16)20(34)12-32)29-24-18(11-28-31(24)23(21)26)14-4-7-19(27-10-14)25(2,3)35/h4,7,10-11,15-17,32,35H,5-6,8-9,12,26H2,1-3H3/t15-,16+,17-.